The Kier molecular flexibility index (Phi) is 4.18. The summed E-state index contributed by atoms with van der Waals surface area (Å²) in [6.45, 7) is 1.76. The zero-order valence-electron chi connectivity index (χ0n) is 13.5. The molecule has 0 amide bonds. The Labute approximate surface area is 141 Å². The first-order chi connectivity index (χ1) is 12.0. The number of ketones is 1. The highest BCUT2D eigenvalue weighted by Gasteiger charge is 2.28. The van der Waals surface area contributed by atoms with Crippen molar-refractivity contribution in [1.82, 2.24) is 0 Å². The maximum atomic E-state index is 12.5. The van der Waals surface area contributed by atoms with E-state index in [1.165, 1.54) is 19.2 Å². The van der Waals surface area contributed by atoms with Crippen molar-refractivity contribution < 1.29 is 28.3 Å². The Morgan fingerprint density at radius 3 is 2.68 bits per heavy atom. The maximum absolute atomic E-state index is 12.5. The van der Waals surface area contributed by atoms with E-state index in [0.717, 1.165) is 6.07 Å². The molecule has 1 aromatic heterocycles. The summed E-state index contributed by atoms with van der Waals surface area (Å²) in [6.07, 6.45) is -0.211. The first-order valence-corrected chi connectivity index (χ1v) is 7.43. The maximum Gasteiger partial charge on any atom is 0.374 e. The number of carbonyl (C=O) groups excluding carboxylic acids is 3. The third-order valence-electron chi connectivity index (χ3n) is 3.64. The smallest absolute Gasteiger partial charge is 0.374 e. The lowest BCUT2D eigenvalue weighted by atomic mass is 9.97. The molecule has 3 rings (SSSR count). The van der Waals surface area contributed by atoms with E-state index in [4.69, 9.17) is 9.15 Å². The zero-order valence-corrected chi connectivity index (χ0v) is 13.5. The van der Waals surface area contributed by atoms with E-state index >= 15 is 0 Å². The molecule has 25 heavy (non-hydrogen) atoms. The fourth-order valence-electron chi connectivity index (χ4n) is 2.54. The molecule has 2 aromatic rings. The molecule has 8 nitrogen and oxygen atoms in total. The van der Waals surface area contributed by atoms with E-state index in [2.05, 4.69) is 9.73 Å². The van der Waals surface area contributed by atoms with Crippen LogP contribution in [0.25, 0.3) is 11.0 Å². The van der Waals surface area contributed by atoms with Crippen molar-refractivity contribution in [3.05, 3.63) is 39.7 Å². The van der Waals surface area contributed by atoms with Crippen LogP contribution in [0.1, 0.15) is 34.3 Å². The van der Waals surface area contributed by atoms with Crippen LogP contribution in [0.15, 0.2) is 32.4 Å². The van der Waals surface area contributed by atoms with Crippen LogP contribution in [-0.2, 0) is 14.3 Å². The highest BCUT2D eigenvalue weighted by atomic mass is 16.5. The molecular weight excluding hydrogens is 330 g/mol. The molecule has 2 heterocycles. The molecule has 0 fully saturated rings. The molecule has 0 N–H and O–H groups in total. The molecule has 128 valence electrons. The number of esters is 2. The van der Waals surface area contributed by atoms with Gasteiger partial charge in [-0.3, -0.25) is 9.59 Å². The molecule has 1 aromatic carbocycles. The highest BCUT2D eigenvalue weighted by Crippen LogP contribution is 2.33. The van der Waals surface area contributed by atoms with Crippen LogP contribution >= 0.6 is 0 Å². The van der Waals surface area contributed by atoms with Crippen molar-refractivity contribution in [1.29, 1.82) is 0 Å². The summed E-state index contributed by atoms with van der Waals surface area (Å²) in [5, 5.41) is 0.0139. The number of aliphatic imine (C=N–C) groups is 1. The first kappa shape index (κ1) is 16.6. The van der Waals surface area contributed by atoms with Crippen molar-refractivity contribution in [2.75, 3.05) is 13.7 Å². The lowest BCUT2D eigenvalue weighted by Crippen LogP contribution is -2.23. The van der Waals surface area contributed by atoms with Gasteiger partial charge in [-0.15, -0.1) is 0 Å². The van der Waals surface area contributed by atoms with E-state index in [9.17, 15) is 19.2 Å². The lowest BCUT2D eigenvalue weighted by Gasteiger charge is -2.14. The normalized spacial score (nSPS) is 13.2. The molecule has 0 radical (unpaired) electrons. The molecule has 0 saturated carbocycles. The van der Waals surface area contributed by atoms with E-state index in [-0.39, 0.29) is 52.5 Å². The van der Waals surface area contributed by atoms with Gasteiger partial charge in [0.15, 0.2) is 11.2 Å². The predicted octanol–water partition coefficient (Wildman–Crippen LogP) is 1.80. The van der Waals surface area contributed by atoms with E-state index < -0.39 is 17.4 Å². The minimum atomic E-state index is -0.769. The van der Waals surface area contributed by atoms with E-state index in [1.54, 1.807) is 6.92 Å². The quantitative estimate of drug-likeness (QED) is 0.781. The largest absolute Gasteiger partial charge is 0.465 e. The molecule has 0 saturated heterocycles. The highest BCUT2D eigenvalue weighted by molar-refractivity contribution is 6.43. The van der Waals surface area contributed by atoms with Gasteiger partial charge in [0.05, 0.1) is 31.2 Å². The molecular formula is C17H13NO7. The number of methoxy groups -OCH3 is 1. The van der Waals surface area contributed by atoms with Crippen molar-refractivity contribution in [3.63, 3.8) is 0 Å². The van der Waals surface area contributed by atoms with Gasteiger partial charge in [-0.1, -0.05) is 0 Å². The number of hydrogen-bond acceptors (Lipinski definition) is 8. The topological polar surface area (TPSA) is 112 Å². The van der Waals surface area contributed by atoms with Crippen LogP contribution in [0.3, 0.4) is 0 Å². The summed E-state index contributed by atoms with van der Waals surface area (Å²) < 4.78 is 14.8. The van der Waals surface area contributed by atoms with Crippen molar-refractivity contribution in [3.8, 4) is 0 Å². The SMILES string of the molecule is CCOC(=O)c1cc(=O)c2c3c(ccc2o1)C(=O)CC(C(=O)OC)=N3. The number of fused-ring (bicyclic) bond motifs is 3. The van der Waals surface area contributed by atoms with Crippen LogP contribution in [0.4, 0.5) is 5.69 Å². The summed E-state index contributed by atoms with van der Waals surface area (Å²) in [7, 11) is 1.17. The van der Waals surface area contributed by atoms with Crippen LogP contribution in [0.5, 0.6) is 0 Å². The van der Waals surface area contributed by atoms with Gasteiger partial charge in [-0.25, -0.2) is 14.6 Å². The molecule has 1 aliphatic heterocycles. The second kappa shape index (κ2) is 6.31. The third kappa shape index (κ3) is 2.82. The molecule has 1 aliphatic rings. The van der Waals surface area contributed by atoms with Gasteiger partial charge in [0.1, 0.15) is 11.3 Å². The summed E-state index contributed by atoms with van der Waals surface area (Å²) in [5.41, 5.74) is -0.350. The molecule has 0 aliphatic carbocycles. The Balaban J connectivity index is 2.25. The molecule has 0 atom stereocenters. The summed E-state index contributed by atoms with van der Waals surface area (Å²) >= 11 is 0. The fourth-order valence-corrected chi connectivity index (χ4v) is 2.54. The minimum Gasteiger partial charge on any atom is -0.465 e. The van der Waals surface area contributed by atoms with Gasteiger partial charge >= 0.3 is 11.9 Å². The monoisotopic (exact) mass is 343 g/mol. The predicted molar refractivity (Wildman–Crippen MR) is 86.5 cm³/mol. The average Bonchev–Trinajstić information content (AvgIpc) is 2.60. The lowest BCUT2D eigenvalue weighted by molar-refractivity contribution is -0.132. The van der Waals surface area contributed by atoms with Crippen LogP contribution in [-0.4, -0.2) is 37.2 Å². The first-order valence-electron chi connectivity index (χ1n) is 7.43. The molecule has 0 unspecified atom stereocenters. The second-order valence-electron chi connectivity index (χ2n) is 5.18. The number of Topliss-reactive ketones (excluding diaryl/α,β-unsaturated/α-hetero) is 1. The summed E-state index contributed by atoms with van der Waals surface area (Å²) in [5.74, 6) is -2.13. The molecule has 8 heteroatoms. The Bertz CT molecular complexity index is 1000. The summed E-state index contributed by atoms with van der Waals surface area (Å²) in [6, 6.07) is 3.83. The minimum absolute atomic E-state index is 0.0139. The van der Waals surface area contributed by atoms with Crippen molar-refractivity contribution in [2.45, 2.75) is 13.3 Å². The van der Waals surface area contributed by atoms with E-state index in [1.807, 2.05) is 0 Å². The van der Waals surface area contributed by atoms with Gasteiger partial charge in [0, 0.05) is 11.6 Å². The standard InChI is InChI=1S/C17H13NO7/c1-3-24-17(22)13-7-11(20)14-12(25-13)5-4-8-10(19)6-9(16(21)23-2)18-15(8)14/h4-5,7H,3,6H2,1-2H3. The third-order valence-corrected chi connectivity index (χ3v) is 3.64. The number of nitrogens with zero attached hydrogens (tertiary/aromatic N) is 1. The van der Waals surface area contributed by atoms with Crippen LogP contribution < -0.4 is 5.43 Å². The van der Waals surface area contributed by atoms with Gasteiger partial charge in [-0.05, 0) is 19.1 Å². The van der Waals surface area contributed by atoms with Gasteiger partial charge in [0.25, 0.3) is 0 Å². The Morgan fingerprint density at radius 2 is 2.00 bits per heavy atom. The average molecular weight is 343 g/mol. The van der Waals surface area contributed by atoms with Crippen LogP contribution in [0, 0.1) is 0 Å². The number of benzene rings is 1. The Morgan fingerprint density at radius 1 is 1.24 bits per heavy atom. The van der Waals surface area contributed by atoms with E-state index in [0.29, 0.717) is 0 Å². The Hall–Kier alpha value is -3.29. The van der Waals surface area contributed by atoms with Gasteiger partial charge < -0.3 is 13.9 Å². The zero-order chi connectivity index (χ0) is 18.1. The van der Waals surface area contributed by atoms with Crippen molar-refractivity contribution in [2.24, 2.45) is 4.99 Å². The number of hydrogen-bond donors (Lipinski definition) is 0. The second-order valence-corrected chi connectivity index (χ2v) is 5.18. The number of rotatable bonds is 3. The van der Waals surface area contributed by atoms with Gasteiger partial charge in [0.2, 0.25) is 5.76 Å². The fraction of sp³-hybridized carbons (Fsp3) is 0.235. The summed E-state index contributed by atoms with van der Waals surface area (Å²) in [4.78, 5) is 52.3. The molecule has 0 bridgehead atoms. The number of carbonyl (C=O) groups is 3. The number of ether oxygens (including phenoxy) is 2. The molecule has 0 spiro atoms. The van der Waals surface area contributed by atoms with Crippen molar-refractivity contribution >= 4 is 40.1 Å². The van der Waals surface area contributed by atoms with Gasteiger partial charge in [-0.2, -0.15) is 0 Å². The van der Waals surface area contributed by atoms with Crippen LogP contribution in [0.2, 0.25) is 0 Å².